The second-order valence-electron chi connectivity index (χ2n) is 9.82. The topological polar surface area (TPSA) is 52.9 Å². The number of hydrogen-bond donors (Lipinski definition) is 1. The van der Waals surface area contributed by atoms with Gasteiger partial charge in [-0.1, -0.05) is 41.5 Å². The number of amides is 1. The average molecular weight is 401 g/mol. The number of carbonyl (C=O) groups excluding carboxylic acids is 1. The second kappa shape index (κ2) is 7.58. The maximum Gasteiger partial charge on any atom is 0.286 e. The van der Waals surface area contributed by atoms with Gasteiger partial charge >= 0.3 is 0 Å². The number of nitrogens with zero attached hydrogens (tertiary/aromatic N) is 2. The van der Waals surface area contributed by atoms with E-state index in [1.54, 1.807) is 0 Å². The first kappa shape index (κ1) is 21.0. The molecule has 3 rings (SSSR count). The van der Waals surface area contributed by atoms with E-state index in [-0.39, 0.29) is 16.7 Å². The van der Waals surface area contributed by atoms with E-state index in [2.05, 4.69) is 51.4 Å². The first-order chi connectivity index (χ1) is 13.0. The molecule has 4 nitrogen and oxygen atoms in total. The van der Waals surface area contributed by atoms with Gasteiger partial charge in [-0.05, 0) is 65.6 Å². The van der Waals surface area contributed by atoms with E-state index in [9.17, 15) is 9.90 Å². The van der Waals surface area contributed by atoms with Gasteiger partial charge in [0.1, 0.15) is 5.75 Å². The molecule has 5 heteroatoms. The SMILES string of the molecule is CC(C)(C)c1cc(/C=C2\SC(N3CCCCC3)=NC2=O)cc(C(C)(C)C)c1O. The highest BCUT2D eigenvalue weighted by Gasteiger charge is 2.29. The van der Waals surface area contributed by atoms with Crippen LogP contribution in [0.2, 0.25) is 0 Å². The molecule has 1 amide bonds. The number of benzene rings is 1. The first-order valence-electron chi connectivity index (χ1n) is 10.1. The molecule has 0 aliphatic carbocycles. The molecule has 1 aromatic carbocycles. The zero-order chi connectivity index (χ0) is 20.7. The number of amidine groups is 1. The van der Waals surface area contributed by atoms with Gasteiger partial charge in [-0.3, -0.25) is 4.79 Å². The van der Waals surface area contributed by atoms with Crippen LogP contribution in [0.3, 0.4) is 0 Å². The Morgan fingerprint density at radius 2 is 1.54 bits per heavy atom. The van der Waals surface area contributed by atoms with Gasteiger partial charge in [-0.25, -0.2) is 0 Å². The number of aromatic hydroxyl groups is 1. The number of likely N-dealkylation sites (tertiary alicyclic amines) is 1. The molecule has 152 valence electrons. The van der Waals surface area contributed by atoms with E-state index in [0.29, 0.717) is 10.7 Å². The zero-order valence-electron chi connectivity index (χ0n) is 17.9. The Morgan fingerprint density at radius 1 is 1.00 bits per heavy atom. The summed E-state index contributed by atoms with van der Waals surface area (Å²) in [5.74, 6) is 0.200. The summed E-state index contributed by atoms with van der Waals surface area (Å²) in [5, 5.41) is 11.7. The molecule has 2 aliphatic rings. The lowest BCUT2D eigenvalue weighted by Crippen LogP contribution is -2.33. The molecular formula is C23H32N2O2S. The Hall–Kier alpha value is -1.75. The maximum atomic E-state index is 12.5. The molecule has 1 saturated heterocycles. The van der Waals surface area contributed by atoms with Crippen LogP contribution in [0, 0.1) is 0 Å². The molecule has 0 unspecified atom stereocenters. The number of aliphatic imine (C=N–C) groups is 1. The molecule has 2 heterocycles. The molecule has 0 spiro atoms. The smallest absolute Gasteiger partial charge is 0.286 e. The number of rotatable bonds is 1. The minimum Gasteiger partial charge on any atom is -0.507 e. The van der Waals surface area contributed by atoms with E-state index in [1.807, 2.05) is 18.2 Å². The van der Waals surface area contributed by atoms with Crippen molar-refractivity contribution in [3.63, 3.8) is 0 Å². The fourth-order valence-electron chi connectivity index (χ4n) is 3.65. The highest BCUT2D eigenvalue weighted by molar-refractivity contribution is 8.18. The van der Waals surface area contributed by atoms with Crippen LogP contribution in [0.15, 0.2) is 22.0 Å². The summed E-state index contributed by atoms with van der Waals surface area (Å²) >= 11 is 1.48. The number of carbonyl (C=O) groups is 1. The Labute approximate surface area is 173 Å². The summed E-state index contributed by atoms with van der Waals surface area (Å²) < 4.78 is 0. The minimum atomic E-state index is -0.194. The molecule has 0 aromatic heterocycles. The van der Waals surface area contributed by atoms with Crippen LogP contribution >= 0.6 is 11.8 Å². The van der Waals surface area contributed by atoms with Gasteiger partial charge in [0.25, 0.3) is 5.91 Å². The number of phenols is 1. The minimum absolute atomic E-state index is 0.159. The van der Waals surface area contributed by atoms with Gasteiger partial charge in [0, 0.05) is 24.2 Å². The third-order valence-electron chi connectivity index (χ3n) is 5.28. The molecule has 2 aliphatic heterocycles. The summed E-state index contributed by atoms with van der Waals surface area (Å²) in [7, 11) is 0. The normalized spacial score (nSPS) is 20.1. The maximum absolute atomic E-state index is 12.5. The van der Waals surface area contributed by atoms with Crippen molar-refractivity contribution in [2.75, 3.05) is 13.1 Å². The van der Waals surface area contributed by atoms with E-state index in [4.69, 9.17) is 0 Å². The van der Waals surface area contributed by atoms with Crippen molar-refractivity contribution in [2.45, 2.75) is 71.6 Å². The third kappa shape index (κ3) is 4.45. The Morgan fingerprint density at radius 3 is 2.04 bits per heavy atom. The molecule has 0 atom stereocenters. The molecule has 0 radical (unpaired) electrons. The Kier molecular flexibility index (Phi) is 5.68. The molecule has 0 bridgehead atoms. The molecule has 28 heavy (non-hydrogen) atoms. The van der Waals surface area contributed by atoms with Gasteiger partial charge in [-0.2, -0.15) is 4.99 Å². The van der Waals surface area contributed by atoms with Crippen molar-refractivity contribution < 1.29 is 9.90 Å². The molecular weight excluding hydrogens is 368 g/mol. The predicted octanol–water partition coefficient (Wildman–Crippen LogP) is 5.44. The lowest BCUT2D eigenvalue weighted by molar-refractivity contribution is -0.113. The highest BCUT2D eigenvalue weighted by atomic mass is 32.2. The molecule has 1 N–H and O–H groups in total. The van der Waals surface area contributed by atoms with Gasteiger partial charge in [0.2, 0.25) is 0 Å². The van der Waals surface area contributed by atoms with Crippen LogP contribution in [0.1, 0.15) is 77.5 Å². The second-order valence-corrected chi connectivity index (χ2v) is 10.8. The lowest BCUT2D eigenvalue weighted by atomic mass is 9.78. The van der Waals surface area contributed by atoms with Gasteiger partial charge in [0.05, 0.1) is 4.91 Å². The zero-order valence-corrected chi connectivity index (χ0v) is 18.7. The van der Waals surface area contributed by atoms with Crippen molar-refractivity contribution in [1.29, 1.82) is 0 Å². The third-order valence-corrected chi connectivity index (χ3v) is 6.33. The van der Waals surface area contributed by atoms with Crippen molar-refractivity contribution in [2.24, 2.45) is 4.99 Å². The van der Waals surface area contributed by atoms with Crippen LogP contribution < -0.4 is 0 Å². The summed E-state index contributed by atoms with van der Waals surface area (Å²) in [6.07, 6.45) is 5.50. The molecule has 1 aromatic rings. The van der Waals surface area contributed by atoms with E-state index < -0.39 is 0 Å². The largest absolute Gasteiger partial charge is 0.507 e. The predicted molar refractivity (Wildman–Crippen MR) is 119 cm³/mol. The van der Waals surface area contributed by atoms with E-state index in [0.717, 1.165) is 47.8 Å². The standard InChI is InChI=1S/C23H32N2O2S/c1-22(2,3)16-12-15(13-17(19(16)26)23(4,5)6)14-18-20(27)24-21(28-18)25-10-8-7-9-11-25/h12-14,26H,7-11H2,1-6H3/b18-14-. The summed E-state index contributed by atoms with van der Waals surface area (Å²) in [6.45, 7) is 14.5. The van der Waals surface area contributed by atoms with Crippen LogP contribution in [0.5, 0.6) is 5.75 Å². The average Bonchev–Trinajstić information content (AvgIpc) is 2.96. The van der Waals surface area contributed by atoms with Crippen molar-refractivity contribution in [3.05, 3.63) is 33.7 Å². The van der Waals surface area contributed by atoms with Gasteiger partial charge in [-0.15, -0.1) is 0 Å². The van der Waals surface area contributed by atoms with Crippen LogP contribution in [0.25, 0.3) is 6.08 Å². The quantitative estimate of drug-likeness (QED) is 0.638. The van der Waals surface area contributed by atoms with Crippen LogP contribution in [0.4, 0.5) is 0 Å². The Bertz CT molecular complexity index is 800. The summed E-state index contributed by atoms with van der Waals surface area (Å²) in [4.78, 5) is 19.7. The fourth-order valence-corrected chi connectivity index (χ4v) is 4.62. The number of hydrogen-bond acceptors (Lipinski definition) is 4. The van der Waals surface area contributed by atoms with Gasteiger partial charge < -0.3 is 10.0 Å². The van der Waals surface area contributed by atoms with Crippen molar-refractivity contribution in [1.82, 2.24) is 4.90 Å². The van der Waals surface area contributed by atoms with Crippen molar-refractivity contribution >= 4 is 28.9 Å². The summed E-state index contributed by atoms with van der Waals surface area (Å²) in [5.41, 5.74) is 2.36. The van der Waals surface area contributed by atoms with Crippen LogP contribution in [-0.2, 0) is 15.6 Å². The van der Waals surface area contributed by atoms with Gasteiger partial charge in [0.15, 0.2) is 5.17 Å². The highest BCUT2D eigenvalue weighted by Crippen LogP contribution is 2.41. The fraction of sp³-hybridized carbons (Fsp3) is 0.565. The number of thioether (sulfide) groups is 1. The van der Waals surface area contributed by atoms with Crippen molar-refractivity contribution in [3.8, 4) is 5.75 Å². The molecule has 0 saturated carbocycles. The molecule has 1 fully saturated rings. The number of phenolic OH excluding ortho intramolecular Hbond substituents is 1. The number of piperidine rings is 1. The van der Waals surface area contributed by atoms with Crippen LogP contribution in [-0.4, -0.2) is 34.2 Å². The van der Waals surface area contributed by atoms with E-state index in [1.165, 1.54) is 18.2 Å². The Balaban J connectivity index is 1.97. The first-order valence-corrected chi connectivity index (χ1v) is 10.9. The monoisotopic (exact) mass is 400 g/mol. The van der Waals surface area contributed by atoms with E-state index >= 15 is 0 Å². The summed E-state index contributed by atoms with van der Waals surface area (Å²) in [6, 6.07) is 4.01. The lowest BCUT2D eigenvalue weighted by Gasteiger charge is -2.28.